The van der Waals surface area contributed by atoms with E-state index in [9.17, 15) is 19.2 Å². The molecule has 0 bridgehead atoms. The van der Waals surface area contributed by atoms with Gasteiger partial charge in [-0.1, -0.05) is 57.2 Å². The van der Waals surface area contributed by atoms with Crippen molar-refractivity contribution in [2.24, 2.45) is 5.41 Å². The second-order valence-electron chi connectivity index (χ2n) is 10.7. The number of rotatable bonds is 11. The van der Waals surface area contributed by atoms with Gasteiger partial charge in [0.15, 0.2) is 6.61 Å². The van der Waals surface area contributed by atoms with Crippen LogP contribution in [-0.4, -0.2) is 55.7 Å². The van der Waals surface area contributed by atoms with Gasteiger partial charge in [0, 0.05) is 36.7 Å². The number of aliphatic carboxylic acids is 1. The molecule has 216 valence electrons. The number of para-hydroxylation sites is 1. The highest BCUT2D eigenvalue weighted by atomic mass is 16.5. The van der Waals surface area contributed by atoms with Gasteiger partial charge in [0.2, 0.25) is 5.91 Å². The van der Waals surface area contributed by atoms with E-state index in [1.807, 2.05) is 51.1 Å². The Morgan fingerprint density at radius 1 is 0.854 bits per heavy atom. The van der Waals surface area contributed by atoms with Gasteiger partial charge >= 0.3 is 12.0 Å². The van der Waals surface area contributed by atoms with Crippen molar-refractivity contribution >= 4 is 40.9 Å². The van der Waals surface area contributed by atoms with Crippen LogP contribution < -0.4 is 25.2 Å². The van der Waals surface area contributed by atoms with E-state index >= 15 is 0 Å². The van der Waals surface area contributed by atoms with E-state index in [0.29, 0.717) is 29.2 Å². The Labute approximate surface area is 239 Å². The molecule has 41 heavy (non-hydrogen) atoms. The largest absolute Gasteiger partial charge is 0.484 e. The zero-order chi connectivity index (χ0) is 30.0. The van der Waals surface area contributed by atoms with E-state index in [2.05, 4.69) is 10.6 Å². The molecule has 10 nitrogen and oxygen atoms in total. The summed E-state index contributed by atoms with van der Waals surface area (Å²) < 4.78 is 5.76. The first kappa shape index (κ1) is 30.7. The zero-order valence-corrected chi connectivity index (χ0v) is 23.7. The number of benzene rings is 3. The molecule has 0 aliphatic carbocycles. The number of ether oxygens (including phenoxy) is 1. The van der Waals surface area contributed by atoms with Gasteiger partial charge in [-0.25, -0.2) is 4.79 Å². The Kier molecular flexibility index (Phi) is 10.5. The smallest absolute Gasteiger partial charge is 0.319 e. The van der Waals surface area contributed by atoms with E-state index in [4.69, 9.17) is 9.84 Å². The molecular formula is C31H36N4O6. The highest BCUT2D eigenvalue weighted by Gasteiger charge is 2.23. The highest BCUT2D eigenvalue weighted by molar-refractivity contribution is 5.99. The number of carbonyl (C=O) groups is 4. The molecule has 0 aliphatic heterocycles. The molecule has 3 N–H and O–H groups in total. The van der Waals surface area contributed by atoms with Crippen molar-refractivity contribution in [3.63, 3.8) is 0 Å². The van der Waals surface area contributed by atoms with Gasteiger partial charge in [-0.3, -0.25) is 14.4 Å². The lowest BCUT2D eigenvalue weighted by molar-refractivity contribution is -0.136. The van der Waals surface area contributed by atoms with Gasteiger partial charge in [0.05, 0.1) is 13.0 Å². The molecule has 0 unspecified atom stereocenters. The summed E-state index contributed by atoms with van der Waals surface area (Å²) in [5, 5.41) is 14.2. The number of carboxylic acid groups (broad SMARTS) is 1. The van der Waals surface area contributed by atoms with Crippen LogP contribution in [0.3, 0.4) is 0 Å². The topological polar surface area (TPSA) is 128 Å². The fourth-order valence-corrected chi connectivity index (χ4v) is 3.94. The summed E-state index contributed by atoms with van der Waals surface area (Å²) in [6.45, 7) is 5.90. The third-order valence-electron chi connectivity index (χ3n) is 5.88. The number of carboxylic acids is 1. The van der Waals surface area contributed by atoms with Crippen LogP contribution in [0.2, 0.25) is 0 Å². The van der Waals surface area contributed by atoms with Crippen LogP contribution in [0.15, 0.2) is 78.9 Å². The first-order valence-corrected chi connectivity index (χ1v) is 13.1. The minimum atomic E-state index is -0.975. The molecule has 0 saturated heterocycles. The predicted octanol–water partition coefficient (Wildman–Crippen LogP) is 4.56. The average molecular weight is 561 g/mol. The van der Waals surface area contributed by atoms with Crippen LogP contribution in [0.4, 0.5) is 21.9 Å². The molecule has 0 fully saturated rings. The summed E-state index contributed by atoms with van der Waals surface area (Å²) in [6, 6.07) is 22.0. The maximum absolute atomic E-state index is 13.3. The molecule has 10 heteroatoms. The SMILES string of the molecule is CN(C(=O)COc1cccc(N(CC(C)(C)C)C(=O)CNC(=O)Nc2cccc(CC(=O)O)c2)c1)c1ccccc1. The van der Waals surface area contributed by atoms with Crippen molar-refractivity contribution in [2.75, 3.05) is 41.9 Å². The fraction of sp³-hybridized carbons (Fsp3) is 0.290. The Bertz CT molecular complexity index is 1370. The molecule has 0 heterocycles. The van der Waals surface area contributed by atoms with E-state index in [1.165, 1.54) is 4.90 Å². The van der Waals surface area contributed by atoms with Crippen LogP contribution in [0.5, 0.6) is 5.75 Å². The molecule has 4 amide bonds. The normalized spacial score (nSPS) is 10.8. The maximum Gasteiger partial charge on any atom is 0.319 e. The van der Waals surface area contributed by atoms with Crippen LogP contribution in [0.25, 0.3) is 0 Å². The number of anilines is 3. The molecule has 3 aromatic carbocycles. The maximum atomic E-state index is 13.3. The Hall–Kier alpha value is -4.86. The molecule has 0 saturated carbocycles. The Balaban J connectivity index is 1.64. The number of nitrogens with one attached hydrogen (secondary N) is 2. The molecule has 0 aliphatic rings. The number of hydrogen-bond donors (Lipinski definition) is 3. The highest BCUT2D eigenvalue weighted by Crippen LogP contribution is 2.26. The van der Waals surface area contributed by atoms with Gasteiger partial charge in [0.25, 0.3) is 5.91 Å². The first-order chi connectivity index (χ1) is 19.4. The molecule has 0 radical (unpaired) electrons. The third-order valence-corrected chi connectivity index (χ3v) is 5.88. The summed E-state index contributed by atoms with van der Waals surface area (Å²) in [4.78, 5) is 52.5. The van der Waals surface area contributed by atoms with E-state index in [1.54, 1.807) is 60.5 Å². The second-order valence-corrected chi connectivity index (χ2v) is 10.7. The van der Waals surface area contributed by atoms with Crippen molar-refractivity contribution in [1.82, 2.24) is 5.32 Å². The van der Waals surface area contributed by atoms with Gasteiger partial charge in [0.1, 0.15) is 5.75 Å². The predicted molar refractivity (Wildman–Crippen MR) is 158 cm³/mol. The fourth-order valence-electron chi connectivity index (χ4n) is 3.94. The number of amides is 4. The van der Waals surface area contributed by atoms with Crippen molar-refractivity contribution < 1.29 is 29.0 Å². The molecule has 0 aromatic heterocycles. The summed E-state index contributed by atoms with van der Waals surface area (Å²) in [7, 11) is 1.68. The second kappa shape index (κ2) is 14.0. The standard InChI is InChI=1S/C31H36N4O6/c1-31(2,3)21-35(27(36)19-32-30(40)33-23-11-8-10-22(16-23)17-29(38)39)25-14-9-15-26(18-25)41-20-28(37)34(4)24-12-6-5-7-13-24/h5-16,18H,17,19-21H2,1-4H3,(H,38,39)(H2,32,33,40). The van der Waals surface area contributed by atoms with Crippen LogP contribution >= 0.6 is 0 Å². The molecule has 3 rings (SSSR count). The van der Waals surface area contributed by atoms with Gasteiger partial charge in [-0.2, -0.15) is 0 Å². The lowest BCUT2D eigenvalue weighted by Gasteiger charge is -2.30. The minimum absolute atomic E-state index is 0.169. The minimum Gasteiger partial charge on any atom is -0.484 e. The van der Waals surface area contributed by atoms with Crippen molar-refractivity contribution in [1.29, 1.82) is 0 Å². The monoisotopic (exact) mass is 560 g/mol. The molecule has 0 spiro atoms. The first-order valence-electron chi connectivity index (χ1n) is 13.1. The zero-order valence-electron chi connectivity index (χ0n) is 23.7. The van der Waals surface area contributed by atoms with Crippen LogP contribution in [0.1, 0.15) is 26.3 Å². The molecule has 3 aromatic rings. The number of hydrogen-bond acceptors (Lipinski definition) is 5. The Morgan fingerprint density at radius 2 is 1.54 bits per heavy atom. The third kappa shape index (κ3) is 9.99. The average Bonchev–Trinajstić information content (AvgIpc) is 2.93. The number of carbonyl (C=O) groups excluding carboxylic acids is 3. The van der Waals surface area contributed by atoms with Crippen molar-refractivity contribution in [3.05, 3.63) is 84.4 Å². The summed E-state index contributed by atoms with van der Waals surface area (Å²) >= 11 is 0. The molecule has 0 atom stereocenters. The van der Waals surface area contributed by atoms with E-state index in [0.717, 1.165) is 5.69 Å². The van der Waals surface area contributed by atoms with Gasteiger partial charge < -0.3 is 30.3 Å². The van der Waals surface area contributed by atoms with Crippen LogP contribution in [0, 0.1) is 5.41 Å². The Morgan fingerprint density at radius 3 is 2.22 bits per heavy atom. The van der Waals surface area contributed by atoms with Crippen LogP contribution in [-0.2, 0) is 20.8 Å². The van der Waals surface area contributed by atoms with Crippen molar-refractivity contribution in [3.8, 4) is 5.75 Å². The number of urea groups is 1. The lowest BCUT2D eigenvalue weighted by atomic mass is 9.95. The quantitative estimate of drug-likeness (QED) is 0.316. The van der Waals surface area contributed by atoms with Gasteiger partial charge in [-0.15, -0.1) is 0 Å². The van der Waals surface area contributed by atoms with Gasteiger partial charge in [-0.05, 0) is 47.4 Å². The van der Waals surface area contributed by atoms with Crippen molar-refractivity contribution in [2.45, 2.75) is 27.2 Å². The van der Waals surface area contributed by atoms with E-state index in [-0.39, 0.29) is 36.8 Å². The summed E-state index contributed by atoms with van der Waals surface area (Å²) in [6.07, 6.45) is -0.169. The van der Waals surface area contributed by atoms with E-state index < -0.39 is 12.0 Å². The molecular weight excluding hydrogens is 524 g/mol. The number of likely N-dealkylation sites (N-methyl/N-ethyl adjacent to an activating group) is 1. The lowest BCUT2D eigenvalue weighted by Crippen LogP contribution is -2.44. The summed E-state index contributed by atoms with van der Waals surface area (Å²) in [5.41, 5.74) is 2.01. The summed E-state index contributed by atoms with van der Waals surface area (Å²) in [5.74, 6) is -1.12. The number of nitrogens with zero attached hydrogens (tertiary/aromatic N) is 2.